The molecule has 4 aromatic rings. The smallest absolute Gasteiger partial charge is 0.337 e. The number of pyridine rings is 1. The van der Waals surface area contributed by atoms with Crippen LogP contribution in [0.5, 0.6) is 5.88 Å². The maximum Gasteiger partial charge on any atom is 0.337 e. The van der Waals surface area contributed by atoms with Gasteiger partial charge in [0.25, 0.3) is 0 Å². The molecule has 2 aromatic heterocycles. The fourth-order valence-corrected chi connectivity index (χ4v) is 7.35. The van der Waals surface area contributed by atoms with Crippen molar-refractivity contribution in [1.82, 2.24) is 14.9 Å². The zero-order valence-corrected chi connectivity index (χ0v) is 27.4. The SMILES string of the molecule is CC1(C)CCC(CCN2CCN(c3ccc(C(=O)O)c(N4CCCOc5nc6[nH]ccc6cc54)c3)CC2)=C(c2ccc(Cl)cc2)C1. The lowest BCUT2D eigenvalue weighted by atomic mass is 9.72. The maximum absolute atomic E-state index is 12.4. The summed E-state index contributed by atoms with van der Waals surface area (Å²) in [5.74, 6) is -0.411. The van der Waals surface area contributed by atoms with E-state index in [2.05, 4.69) is 45.7 Å². The van der Waals surface area contributed by atoms with E-state index >= 15 is 0 Å². The fourth-order valence-electron chi connectivity index (χ4n) is 7.22. The van der Waals surface area contributed by atoms with E-state index in [-0.39, 0.29) is 5.56 Å². The average Bonchev–Trinajstić information content (AvgIpc) is 3.41. The number of carboxylic acids is 1. The number of aromatic amines is 1. The largest absolute Gasteiger partial charge is 0.478 e. The number of fused-ring (bicyclic) bond motifs is 2. The van der Waals surface area contributed by atoms with E-state index in [4.69, 9.17) is 21.3 Å². The van der Waals surface area contributed by atoms with Gasteiger partial charge in [0, 0.05) is 61.6 Å². The van der Waals surface area contributed by atoms with Gasteiger partial charge in [0.15, 0.2) is 0 Å². The van der Waals surface area contributed by atoms with Crippen LogP contribution in [0.3, 0.4) is 0 Å². The highest BCUT2D eigenvalue weighted by molar-refractivity contribution is 6.30. The standard InChI is InChI=1S/C37H42ClN5O3/c1-37(2)13-10-26(31(24-37)25-4-6-28(38)7-5-25)12-16-41-17-19-42(20-18-41)29-8-9-30(36(44)45)32(23-29)43-15-3-21-46-35-33(43)22-27-11-14-39-34(27)40-35/h4-9,11,14,22-23H,3,10,12-13,15-21,24H2,1-2H3,(H,39,40)(H,44,45). The van der Waals surface area contributed by atoms with E-state index in [0.29, 0.717) is 30.1 Å². The van der Waals surface area contributed by atoms with Gasteiger partial charge in [-0.05, 0) is 91.1 Å². The number of hydrogen-bond donors (Lipinski definition) is 2. The number of benzene rings is 2. The topological polar surface area (TPSA) is 84.9 Å². The first kappa shape index (κ1) is 30.6. The summed E-state index contributed by atoms with van der Waals surface area (Å²) in [4.78, 5) is 27.3. The molecule has 9 heteroatoms. The number of rotatable bonds is 7. The highest BCUT2D eigenvalue weighted by atomic mass is 35.5. The molecule has 1 saturated heterocycles. The van der Waals surface area contributed by atoms with Crippen molar-refractivity contribution in [3.8, 4) is 5.88 Å². The van der Waals surface area contributed by atoms with Crippen molar-refractivity contribution in [2.75, 3.05) is 55.7 Å². The molecule has 0 amide bonds. The van der Waals surface area contributed by atoms with Gasteiger partial charge >= 0.3 is 5.97 Å². The zero-order valence-electron chi connectivity index (χ0n) is 26.7. The van der Waals surface area contributed by atoms with Crippen LogP contribution >= 0.6 is 11.6 Å². The molecule has 3 aliphatic rings. The summed E-state index contributed by atoms with van der Waals surface area (Å²) in [6.07, 6.45) is 7.19. The second-order valence-electron chi connectivity index (χ2n) is 13.6. The Balaban J connectivity index is 1.07. The molecule has 240 valence electrons. The maximum atomic E-state index is 12.4. The number of H-pyrrole nitrogens is 1. The molecule has 4 heterocycles. The van der Waals surface area contributed by atoms with Crippen molar-refractivity contribution in [3.63, 3.8) is 0 Å². The van der Waals surface area contributed by atoms with Crippen LogP contribution in [0.15, 0.2) is 66.4 Å². The third-order valence-electron chi connectivity index (χ3n) is 9.88. The Hall–Kier alpha value is -4.01. The number of aromatic carboxylic acids is 1. The molecule has 0 atom stereocenters. The molecule has 2 aliphatic heterocycles. The number of allylic oxidation sites excluding steroid dienone is 1. The minimum absolute atomic E-state index is 0.282. The number of carboxylic acid groups (broad SMARTS) is 1. The number of aromatic nitrogens is 2. The molecule has 0 saturated carbocycles. The van der Waals surface area contributed by atoms with Gasteiger partial charge < -0.3 is 24.6 Å². The summed E-state index contributed by atoms with van der Waals surface area (Å²) in [5.41, 5.74) is 8.28. The van der Waals surface area contributed by atoms with Crippen molar-refractivity contribution >= 4 is 51.2 Å². The molecule has 0 radical (unpaired) electrons. The van der Waals surface area contributed by atoms with Crippen LogP contribution in [0.1, 0.15) is 61.9 Å². The number of piperazine rings is 1. The summed E-state index contributed by atoms with van der Waals surface area (Å²) in [6, 6.07) is 18.1. The summed E-state index contributed by atoms with van der Waals surface area (Å²) in [5, 5.41) is 11.9. The zero-order chi connectivity index (χ0) is 31.8. The molecular formula is C37H42ClN5O3. The molecule has 0 spiro atoms. The minimum atomic E-state index is -0.938. The van der Waals surface area contributed by atoms with Crippen molar-refractivity contribution in [1.29, 1.82) is 0 Å². The summed E-state index contributed by atoms with van der Waals surface area (Å²) in [6.45, 7) is 10.7. The normalized spacial score (nSPS) is 18.8. The monoisotopic (exact) mass is 639 g/mol. The lowest BCUT2D eigenvalue weighted by Crippen LogP contribution is -2.46. The molecule has 0 unspecified atom stereocenters. The minimum Gasteiger partial charge on any atom is -0.478 e. The fraction of sp³-hybridized carbons (Fsp3) is 0.405. The van der Waals surface area contributed by atoms with Gasteiger partial charge in [0.05, 0.1) is 17.9 Å². The van der Waals surface area contributed by atoms with E-state index in [1.807, 2.05) is 42.6 Å². The van der Waals surface area contributed by atoms with Crippen LogP contribution in [0.25, 0.3) is 16.6 Å². The Morgan fingerprint density at radius 3 is 2.61 bits per heavy atom. The highest BCUT2D eigenvalue weighted by Crippen LogP contribution is 2.44. The van der Waals surface area contributed by atoms with Crippen molar-refractivity contribution in [2.45, 2.75) is 46.0 Å². The molecule has 46 heavy (non-hydrogen) atoms. The highest BCUT2D eigenvalue weighted by Gasteiger charge is 2.29. The Labute approximate surface area is 275 Å². The van der Waals surface area contributed by atoms with Crippen molar-refractivity contribution in [3.05, 3.63) is 82.5 Å². The Kier molecular flexibility index (Phi) is 8.42. The molecule has 1 fully saturated rings. The predicted molar refractivity (Wildman–Crippen MR) is 186 cm³/mol. The number of hydrogen-bond acceptors (Lipinski definition) is 6. The number of anilines is 3. The quantitative estimate of drug-likeness (QED) is 0.212. The molecule has 1 aliphatic carbocycles. The third kappa shape index (κ3) is 6.33. The van der Waals surface area contributed by atoms with Crippen LogP contribution < -0.4 is 14.5 Å². The first-order chi connectivity index (χ1) is 22.2. The number of ether oxygens (including phenoxy) is 1. The first-order valence-electron chi connectivity index (χ1n) is 16.4. The number of halogens is 1. The second-order valence-corrected chi connectivity index (χ2v) is 14.0. The molecule has 7 rings (SSSR count). The van der Waals surface area contributed by atoms with Crippen LogP contribution in [0.2, 0.25) is 5.02 Å². The third-order valence-corrected chi connectivity index (χ3v) is 10.1. The van der Waals surface area contributed by atoms with Gasteiger partial charge in [-0.25, -0.2) is 4.79 Å². The molecule has 2 N–H and O–H groups in total. The molecule has 2 aromatic carbocycles. The van der Waals surface area contributed by atoms with Crippen molar-refractivity contribution < 1.29 is 14.6 Å². The van der Waals surface area contributed by atoms with Gasteiger partial charge in [0.2, 0.25) is 5.88 Å². The molecule has 8 nitrogen and oxygen atoms in total. The molecule has 0 bridgehead atoms. The second kappa shape index (κ2) is 12.6. The van der Waals surface area contributed by atoms with Crippen molar-refractivity contribution in [2.24, 2.45) is 5.41 Å². The Bertz CT molecular complexity index is 1770. The van der Waals surface area contributed by atoms with E-state index < -0.39 is 5.97 Å². The van der Waals surface area contributed by atoms with Crippen LogP contribution in [-0.2, 0) is 0 Å². The summed E-state index contributed by atoms with van der Waals surface area (Å²) in [7, 11) is 0. The predicted octanol–water partition coefficient (Wildman–Crippen LogP) is 8.01. The van der Waals surface area contributed by atoms with E-state index in [1.54, 1.807) is 11.6 Å². The first-order valence-corrected chi connectivity index (χ1v) is 16.8. The van der Waals surface area contributed by atoms with Gasteiger partial charge in [-0.1, -0.05) is 43.2 Å². The Morgan fingerprint density at radius 2 is 1.83 bits per heavy atom. The van der Waals surface area contributed by atoms with Gasteiger partial charge in [-0.15, -0.1) is 0 Å². The van der Waals surface area contributed by atoms with Gasteiger partial charge in [0.1, 0.15) is 11.3 Å². The van der Waals surface area contributed by atoms with Gasteiger partial charge in [-0.3, -0.25) is 4.90 Å². The summed E-state index contributed by atoms with van der Waals surface area (Å²) < 4.78 is 6.00. The number of nitrogens with zero attached hydrogens (tertiary/aromatic N) is 4. The van der Waals surface area contributed by atoms with Crippen LogP contribution in [0, 0.1) is 5.41 Å². The number of nitrogens with one attached hydrogen (secondary N) is 1. The average molecular weight is 640 g/mol. The van der Waals surface area contributed by atoms with Crippen LogP contribution in [0.4, 0.5) is 17.1 Å². The summed E-state index contributed by atoms with van der Waals surface area (Å²) >= 11 is 6.21. The van der Waals surface area contributed by atoms with Crippen LogP contribution in [-0.4, -0.2) is 71.8 Å². The number of carbonyl (C=O) groups is 1. The lowest BCUT2D eigenvalue weighted by Gasteiger charge is -2.38. The molecular weight excluding hydrogens is 598 g/mol. The van der Waals surface area contributed by atoms with E-state index in [1.165, 1.54) is 17.6 Å². The van der Waals surface area contributed by atoms with E-state index in [9.17, 15) is 9.90 Å². The lowest BCUT2D eigenvalue weighted by molar-refractivity contribution is 0.0697. The van der Waals surface area contributed by atoms with E-state index in [0.717, 1.165) is 85.8 Å². The van der Waals surface area contributed by atoms with Gasteiger partial charge in [-0.2, -0.15) is 4.98 Å². The Morgan fingerprint density at radius 1 is 1.02 bits per heavy atom.